The average Bonchev–Trinajstić information content (AvgIpc) is 2.58. The molecule has 0 bridgehead atoms. The van der Waals surface area contributed by atoms with E-state index in [1.165, 1.54) is 70.3 Å². The molecule has 0 saturated heterocycles. The fourth-order valence-electron chi connectivity index (χ4n) is 2.84. The van der Waals surface area contributed by atoms with Gasteiger partial charge in [0, 0.05) is 18.1 Å². The Labute approximate surface area is 152 Å². The molecule has 0 aliphatic heterocycles. The fraction of sp³-hybridized carbons (Fsp3) is 0.619. The summed E-state index contributed by atoms with van der Waals surface area (Å²) in [5.74, 6) is 6.17. The second kappa shape index (κ2) is 13.3. The number of unbranched alkanes of at least 4 members (excludes halogenated alkanes) is 11. The standard InChI is InChI=1S/C21H32N2O2/c1-2-3-4-5-6-7-8-9-10-11-12-13-14-15-19-16-17-21(23(24)25)20(22)18-19/h16-18H,2-13,22H2,1H3. The normalized spacial score (nSPS) is 10.3. The first-order valence-electron chi connectivity index (χ1n) is 9.68. The molecule has 1 rings (SSSR count). The molecular weight excluding hydrogens is 312 g/mol. The fourth-order valence-corrected chi connectivity index (χ4v) is 2.84. The van der Waals surface area contributed by atoms with Crippen LogP contribution in [0.3, 0.4) is 0 Å². The summed E-state index contributed by atoms with van der Waals surface area (Å²) in [6, 6.07) is 4.65. The molecule has 0 amide bonds. The average molecular weight is 344 g/mol. The monoisotopic (exact) mass is 344 g/mol. The quantitative estimate of drug-likeness (QED) is 0.161. The Hall–Kier alpha value is -2.02. The van der Waals surface area contributed by atoms with E-state index in [2.05, 4.69) is 18.8 Å². The van der Waals surface area contributed by atoms with Crippen LogP contribution in [-0.2, 0) is 0 Å². The minimum atomic E-state index is -0.474. The van der Waals surface area contributed by atoms with Crippen molar-refractivity contribution in [3.8, 4) is 11.8 Å². The smallest absolute Gasteiger partial charge is 0.292 e. The number of benzene rings is 1. The molecule has 0 saturated carbocycles. The summed E-state index contributed by atoms with van der Waals surface area (Å²) < 4.78 is 0. The molecule has 0 aliphatic rings. The van der Waals surface area contributed by atoms with Crippen LogP contribution in [0, 0.1) is 22.0 Å². The van der Waals surface area contributed by atoms with E-state index < -0.39 is 4.92 Å². The second-order valence-corrected chi connectivity index (χ2v) is 6.62. The largest absolute Gasteiger partial charge is 0.393 e. The summed E-state index contributed by atoms with van der Waals surface area (Å²) in [6.45, 7) is 2.26. The molecule has 4 heteroatoms. The highest BCUT2D eigenvalue weighted by Gasteiger charge is 2.09. The molecule has 1 aromatic carbocycles. The third-order valence-corrected chi connectivity index (χ3v) is 4.36. The van der Waals surface area contributed by atoms with Gasteiger partial charge in [0.15, 0.2) is 0 Å². The van der Waals surface area contributed by atoms with Crippen molar-refractivity contribution in [1.82, 2.24) is 0 Å². The molecule has 25 heavy (non-hydrogen) atoms. The van der Waals surface area contributed by atoms with Crippen molar-refractivity contribution in [2.24, 2.45) is 0 Å². The first kappa shape index (κ1) is 21.0. The molecule has 0 spiro atoms. The predicted octanol–water partition coefficient (Wildman–Crippen LogP) is 6.23. The van der Waals surface area contributed by atoms with E-state index in [9.17, 15) is 10.1 Å². The van der Waals surface area contributed by atoms with Crippen LogP contribution in [-0.4, -0.2) is 4.92 Å². The summed E-state index contributed by atoms with van der Waals surface area (Å²) in [4.78, 5) is 10.2. The van der Waals surface area contributed by atoms with Crippen LogP contribution >= 0.6 is 0 Å². The second-order valence-electron chi connectivity index (χ2n) is 6.62. The van der Waals surface area contributed by atoms with Crippen molar-refractivity contribution in [3.63, 3.8) is 0 Å². The van der Waals surface area contributed by atoms with Crippen LogP contribution < -0.4 is 5.73 Å². The van der Waals surface area contributed by atoms with Gasteiger partial charge in [0.05, 0.1) is 4.92 Å². The summed E-state index contributed by atoms with van der Waals surface area (Å²) in [7, 11) is 0. The molecule has 4 nitrogen and oxygen atoms in total. The number of nitrogens with two attached hydrogens (primary N) is 1. The molecule has 0 fully saturated rings. The number of hydrogen-bond acceptors (Lipinski definition) is 3. The van der Waals surface area contributed by atoms with Gasteiger partial charge in [-0.25, -0.2) is 0 Å². The molecule has 2 N–H and O–H groups in total. The van der Waals surface area contributed by atoms with E-state index in [1.54, 1.807) is 12.1 Å². The Morgan fingerprint density at radius 1 is 0.960 bits per heavy atom. The van der Waals surface area contributed by atoms with Gasteiger partial charge in [-0.2, -0.15) is 0 Å². The van der Waals surface area contributed by atoms with Gasteiger partial charge in [0.25, 0.3) is 5.69 Å². The van der Waals surface area contributed by atoms with E-state index in [0.29, 0.717) is 0 Å². The SMILES string of the molecule is CCCCCCCCCCCCCC#Cc1ccc([N+](=O)[O-])c(N)c1. The molecule has 0 aromatic heterocycles. The maximum atomic E-state index is 10.7. The Kier molecular flexibility index (Phi) is 11.2. The maximum Gasteiger partial charge on any atom is 0.292 e. The van der Waals surface area contributed by atoms with Gasteiger partial charge in [-0.15, -0.1) is 0 Å². The van der Waals surface area contributed by atoms with Gasteiger partial charge < -0.3 is 5.73 Å². The van der Waals surface area contributed by atoms with Crippen molar-refractivity contribution in [3.05, 3.63) is 33.9 Å². The zero-order chi connectivity index (χ0) is 18.3. The number of nitro groups is 1. The van der Waals surface area contributed by atoms with E-state index >= 15 is 0 Å². The van der Waals surface area contributed by atoms with Crippen LogP contribution in [0.15, 0.2) is 18.2 Å². The number of hydrogen-bond donors (Lipinski definition) is 1. The lowest BCUT2D eigenvalue weighted by atomic mass is 10.1. The lowest BCUT2D eigenvalue weighted by molar-refractivity contribution is -0.383. The van der Waals surface area contributed by atoms with Gasteiger partial charge >= 0.3 is 0 Å². The molecule has 0 heterocycles. The van der Waals surface area contributed by atoms with Crippen LogP contribution in [0.1, 0.15) is 89.5 Å². The predicted molar refractivity (Wildman–Crippen MR) is 105 cm³/mol. The molecule has 138 valence electrons. The topological polar surface area (TPSA) is 69.2 Å². The molecular formula is C21H32N2O2. The van der Waals surface area contributed by atoms with Crippen molar-refractivity contribution in [2.45, 2.75) is 84.0 Å². The van der Waals surface area contributed by atoms with Crippen molar-refractivity contribution in [1.29, 1.82) is 0 Å². The lowest BCUT2D eigenvalue weighted by Crippen LogP contribution is -1.95. The number of nitrogens with zero attached hydrogens (tertiary/aromatic N) is 1. The Morgan fingerprint density at radius 2 is 1.52 bits per heavy atom. The molecule has 1 aromatic rings. The Morgan fingerprint density at radius 3 is 2.04 bits per heavy atom. The first-order chi connectivity index (χ1) is 12.1. The molecule has 0 aliphatic carbocycles. The molecule has 0 atom stereocenters. The zero-order valence-corrected chi connectivity index (χ0v) is 15.6. The zero-order valence-electron chi connectivity index (χ0n) is 15.6. The van der Waals surface area contributed by atoms with Crippen LogP contribution in [0.2, 0.25) is 0 Å². The minimum absolute atomic E-state index is 0.0593. The van der Waals surface area contributed by atoms with Gasteiger partial charge in [-0.3, -0.25) is 10.1 Å². The highest BCUT2D eigenvalue weighted by Crippen LogP contribution is 2.21. The van der Waals surface area contributed by atoms with Crippen molar-refractivity contribution >= 4 is 11.4 Å². The van der Waals surface area contributed by atoms with Gasteiger partial charge in [0.2, 0.25) is 0 Å². The van der Waals surface area contributed by atoms with Crippen LogP contribution in [0.25, 0.3) is 0 Å². The Balaban J connectivity index is 2.06. The summed E-state index contributed by atoms with van der Waals surface area (Å²) in [5, 5.41) is 10.7. The molecule has 0 radical (unpaired) electrons. The minimum Gasteiger partial charge on any atom is -0.393 e. The van der Waals surface area contributed by atoms with Crippen LogP contribution in [0.4, 0.5) is 11.4 Å². The Bertz CT molecular complexity index is 573. The van der Waals surface area contributed by atoms with E-state index in [0.717, 1.165) is 18.4 Å². The number of rotatable bonds is 12. The van der Waals surface area contributed by atoms with E-state index in [-0.39, 0.29) is 11.4 Å². The third-order valence-electron chi connectivity index (χ3n) is 4.36. The highest BCUT2D eigenvalue weighted by molar-refractivity contribution is 5.61. The lowest BCUT2D eigenvalue weighted by Gasteiger charge is -2.01. The van der Waals surface area contributed by atoms with Gasteiger partial charge in [-0.1, -0.05) is 83.0 Å². The third kappa shape index (κ3) is 9.76. The van der Waals surface area contributed by atoms with E-state index in [4.69, 9.17) is 5.73 Å². The van der Waals surface area contributed by atoms with E-state index in [1.807, 2.05) is 0 Å². The van der Waals surface area contributed by atoms with Crippen molar-refractivity contribution in [2.75, 3.05) is 5.73 Å². The van der Waals surface area contributed by atoms with Crippen molar-refractivity contribution < 1.29 is 4.92 Å². The number of nitrogen functional groups attached to an aromatic ring is 1. The van der Waals surface area contributed by atoms with Gasteiger partial charge in [-0.05, 0) is 18.6 Å². The number of nitro benzene ring substituents is 1. The highest BCUT2D eigenvalue weighted by atomic mass is 16.6. The summed E-state index contributed by atoms with van der Waals surface area (Å²) in [6.07, 6.45) is 15.5. The number of anilines is 1. The first-order valence-corrected chi connectivity index (χ1v) is 9.68. The summed E-state index contributed by atoms with van der Waals surface area (Å²) >= 11 is 0. The summed E-state index contributed by atoms with van der Waals surface area (Å²) in [5.41, 5.74) is 6.51. The maximum absolute atomic E-state index is 10.7. The molecule has 0 unspecified atom stereocenters. The van der Waals surface area contributed by atoms with Gasteiger partial charge in [0.1, 0.15) is 5.69 Å². The van der Waals surface area contributed by atoms with Crippen LogP contribution in [0.5, 0.6) is 0 Å².